The summed E-state index contributed by atoms with van der Waals surface area (Å²) in [6, 6.07) is 0. The molecule has 0 saturated carbocycles. The minimum absolute atomic E-state index is 0.0363. The van der Waals surface area contributed by atoms with Gasteiger partial charge in [0, 0.05) is 13.1 Å². The van der Waals surface area contributed by atoms with E-state index in [1.54, 1.807) is 6.92 Å². The van der Waals surface area contributed by atoms with Crippen LogP contribution in [0.1, 0.15) is 27.2 Å². The van der Waals surface area contributed by atoms with E-state index in [4.69, 9.17) is 5.11 Å². The Kier molecular flexibility index (Phi) is 5.37. The van der Waals surface area contributed by atoms with Gasteiger partial charge in [-0.15, -0.1) is 0 Å². The number of sulfonamides is 1. The Labute approximate surface area is 95.9 Å². The van der Waals surface area contributed by atoms with Crippen molar-refractivity contribution in [3.05, 3.63) is 0 Å². The lowest BCUT2D eigenvalue weighted by atomic mass is 10.1. The Hall–Kier alpha value is -0.660. The van der Waals surface area contributed by atoms with Gasteiger partial charge in [-0.2, -0.15) is 4.31 Å². The van der Waals surface area contributed by atoms with Gasteiger partial charge in [0.1, 0.15) is 0 Å². The maximum Gasteiger partial charge on any atom is 0.304 e. The Bertz CT molecular complexity index is 330. The average molecular weight is 253 g/mol. The van der Waals surface area contributed by atoms with Crippen molar-refractivity contribution in [1.29, 1.82) is 0 Å². The van der Waals surface area contributed by atoms with Crippen molar-refractivity contribution in [2.45, 2.75) is 32.8 Å². The molecular formula is C9H19NO5S. The molecule has 0 bridgehead atoms. The summed E-state index contributed by atoms with van der Waals surface area (Å²) in [7, 11) is -3.61. The smallest absolute Gasteiger partial charge is 0.304 e. The maximum absolute atomic E-state index is 11.7. The molecule has 96 valence electrons. The van der Waals surface area contributed by atoms with Crippen LogP contribution in [0.4, 0.5) is 0 Å². The zero-order chi connectivity index (χ0) is 13.0. The first-order valence-corrected chi connectivity index (χ1v) is 6.61. The van der Waals surface area contributed by atoms with Gasteiger partial charge in [-0.05, 0) is 13.8 Å². The summed E-state index contributed by atoms with van der Waals surface area (Å²) in [4.78, 5) is 10.3. The molecule has 0 heterocycles. The second-order valence-electron chi connectivity index (χ2n) is 4.20. The van der Waals surface area contributed by atoms with Crippen LogP contribution in [-0.4, -0.2) is 53.3 Å². The molecule has 0 aliphatic carbocycles. The minimum atomic E-state index is -3.61. The maximum atomic E-state index is 11.7. The van der Waals surface area contributed by atoms with Crippen molar-refractivity contribution in [2.75, 3.05) is 18.8 Å². The molecule has 0 aliphatic heterocycles. The molecule has 0 unspecified atom stereocenters. The highest BCUT2D eigenvalue weighted by Gasteiger charge is 2.27. The first kappa shape index (κ1) is 15.3. The SMILES string of the molecule is CCN(CC(C)(C)O)S(=O)(=O)CCC(=O)O. The number of carboxylic acid groups (broad SMARTS) is 1. The van der Waals surface area contributed by atoms with Crippen LogP contribution in [-0.2, 0) is 14.8 Å². The second kappa shape index (κ2) is 5.60. The Morgan fingerprint density at radius 3 is 2.19 bits per heavy atom. The summed E-state index contributed by atoms with van der Waals surface area (Å²) >= 11 is 0. The zero-order valence-electron chi connectivity index (χ0n) is 9.80. The topological polar surface area (TPSA) is 94.9 Å². The first-order chi connectivity index (χ1) is 7.08. The molecule has 6 nitrogen and oxygen atoms in total. The lowest BCUT2D eigenvalue weighted by Crippen LogP contribution is -2.43. The molecule has 0 aliphatic rings. The van der Waals surface area contributed by atoms with Crippen LogP contribution in [0.25, 0.3) is 0 Å². The number of likely N-dealkylation sites (N-methyl/N-ethyl adjacent to an activating group) is 1. The Morgan fingerprint density at radius 1 is 1.38 bits per heavy atom. The third-order valence-corrected chi connectivity index (χ3v) is 3.78. The third kappa shape index (κ3) is 6.04. The summed E-state index contributed by atoms with van der Waals surface area (Å²) in [5, 5.41) is 18.0. The van der Waals surface area contributed by atoms with E-state index in [1.807, 2.05) is 0 Å². The van der Waals surface area contributed by atoms with Crippen molar-refractivity contribution in [1.82, 2.24) is 4.31 Å². The fourth-order valence-corrected chi connectivity index (χ4v) is 2.78. The normalized spacial score (nSPS) is 13.1. The third-order valence-electron chi connectivity index (χ3n) is 1.88. The second-order valence-corrected chi connectivity index (χ2v) is 6.29. The van der Waals surface area contributed by atoms with Gasteiger partial charge in [0.2, 0.25) is 10.0 Å². The number of nitrogens with zero attached hydrogens (tertiary/aromatic N) is 1. The zero-order valence-corrected chi connectivity index (χ0v) is 10.6. The van der Waals surface area contributed by atoms with Crippen LogP contribution in [0, 0.1) is 0 Å². The van der Waals surface area contributed by atoms with E-state index in [9.17, 15) is 18.3 Å². The summed E-state index contributed by atoms with van der Waals surface area (Å²) in [6.45, 7) is 4.83. The molecule has 0 aromatic heterocycles. The van der Waals surface area contributed by atoms with E-state index in [-0.39, 0.29) is 13.1 Å². The number of hydrogen-bond acceptors (Lipinski definition) is 4. The van der Waals surface area contributed by atoms with Crippen molar-refractivity contribution < 1.29 is 23.4 Å². The van der Waals surface area contributed by atoms with Crippen molar-refractivity contribution in [3.8, 4) is 0 Å². The molecule has 0 atom stereocenters. The fraction of sp³-hybridized carbons (Fsp3) is 0.889. The number of carbonyl (C=O) groups is 1. The first-order valence-electron chi connectivity index (χ1n) is 5.00. The molecule has 0 saturated heterocycles. The van der Waals surface area contributed by atoms with Gasteiger partial charge < -0.3 is 10.2 Å². The van der Waals surface area contributed by atoms with E-state index < -0.39 is 33.8 Å². The molecule has 2 N–H and O–H groups in total. The monoisotopic (exact) mass is 253 g/mol. The molecule has 16 heavy (non-hydrogen) atoms. The summed E-state index contributed by atoms with van der Waals surface area (Å²) in [6.07, 6.45) is -0.426. The summed E-state index contributed by atoms with van der Waals surface area (Å²) in [5.74, 6) is -1.59. The van der Waals surface area contributed by atoms with Gasteiger partial charge in [0.15, 0.2) is 0 Å². The molecular weight excluding hydrogens is 234 g/mol. The number of aliphatic hydroxyl groups is 1. The van der Waals surface area contributed by atoms with Gasteiger partial charge in [0.25, 0.3) is 0 Å². The molecule has 0 aromatic rings. The summed E-state index contributed by atoms with van der Waals surface area (Å²) in [5.41, 5.74) is -1.13. The number of rotatable bonds is 7. The molecule has 0 rings (SSSR count). The van der Waals surface area contributed by atoms with Crippen LogP contribution in [0.2, 0.25) is 0 Å². The van der Waals surface area contributed by atoms with Gasteiger partial charge in [-0.25, -0.2) is 8.42 Å². The highest BCUT2D eigenvalue weighted by Crippen LogP contribution is 2.10. The summed E-state index contributed by atoms with van der Waals surface area (Å²) < 4.78 is 24.5. The highest BCUT2D eigenvalue weighted by molar-refractivity contribution is 7.89. The van der Waals surface area contributed by atoms with E-state index >= 15 is 0 Å². The van der Waals surface area contributed by atoms with Crippen molar-refractivity contribution in [2.24, 2.45) is 0 Å². The van der Waals surface area contributed by atoms with Crippen LogP contribution >= 0.6 is 0 Å². The van der Waals surface area contributed by atoms with E-state index in [0.717, 1.165) is 4.31 Å². The standard InChI is InChI=1S/C9H19NO5S/c1-4-10(7-9(2,3)13)16(14,15)6-5-8(11)12/h13H,4-7H2,1-3H3,(H,11,12). The largest absolute Gasteiger partial charge is 0.481 e. The van der Waals surface area contributed by atoms with Gasteiger partial charge in [-0.3, -0.25) is 4.79 Å². The number of carboxylic acids is 1. The molecule has 0 radical (unpaired) electrons. The molecule has 0 fully saturated rings. The van der Waals surface area contributed by atoms with Crippen LogP contribution in [0.15, 0.2) is 0 Å². The number of hydrogen-bond donors (Lipinski definition) is 2. The van der Waals surface area contributed by atoms with Crippen LogP contribution in [0.3, 0.4) is 0 Å². The number of aliphatic carboxylic acids is 1. The van der Waals surface area contributed by atoms with E-state index in [1.165, 1.54) is 13.8 Å². The fourth-order valence-electron chi connectivity index (χ4n) is 1.18. The van der Waals surface area contributed by atoms with Gasteiger partial charge in [-0.1, -0.05) is 6.92 Å². The van der Waals surface area contributed by atoms with Crippen molar-refractivity contribution >= 4 is 16.0 Å². The molecule has 0 amide bonds. The van der Waals surface area contributed by atoms with Gasteiger partial charge in [0.05, 0.1) is 17.8 Å². The average Bonchev–Trinajstić information content (AvgIpc) is 2.09. The van der Waals surface area contributed by atoms with Crippen LogP contribution in [0.5, 0.6) is 0 Å². The minimum Gasteiger partial charge on any atom is -0.481 e. The van der Waals surface area contributed by atoms with Crippen LogP contribution < -0.4 is 0 Å². The predicted octanol–water partition coefficient (Wildman–Crippen LogP) is -0.116. The van der Waals surface area contributed by atoms with E-state index in [2.05, 4.69) is 0 Å². The quantitative estimate of drug-likeness (QED) is 0.659. The van der Waals surface area contributed by atoms with Gasteiger partial charge >= 0.3 is 5.97 Å². The molecule has 7 heteroatoms. The predicted molar refractivity (Wildman–Crippen MR) is 59.6 cm³/mol. The van der Waals surface area contributed by atoms with Crippen molar-refractivity contribution in [3.63, 3.8) is 0 Å². The Balaban J connectivity index is 4.62. The molecule has 0 aromatic carbocycles. The highest BCUT2D eigenvalue weighted by atomic mass is 32.2. The lowest BCUT2D eigenvalue weighted by molar-refractivity contribution is -0.136. The lowest BCUT2D eigenvalue weighted by Gasteiger charge is -2.27. The van der Waals surface area contributed by atoms with E-state index in [0.29, 0.717) is 0 Å². The molecule has 0 spiro atoms. The Morgan fingerprint density at radius 2 is 1.88 bits per heavy atom.